The Morgan fingerprint density at radius 2 is 2.10 bits per heavy atom. The summed E-state index contributed by atoms with van der Waals surface area (Å²) in [5.41, 5.74) is 1.70. The van der Waals surface area contributed by atoms with Crippen molar-refractivity contribution >= 4 is 34.8 Å². The molecule has 0 aliphatic carbocycles. The maximum atomic E-state index is 12.0. The number of amides is 1. The molecule has 1 aromatic heterocycles. The van der Waals surface area contributed by atoms with E-state index in [2.05, 4.69) is 5.10 Å². The predicted octanol–water partition coefficient (Wildman–Crippen LogP) is 3.85. The molecule has 0 N–H and O–H groups in total. The Balaban J connectivity index is 1.93. The second kappa shape index (κ2) is 5.92. The minimum Gasteiger partial charge on any atom is -0.463 e. The number of carbonyl (C=O) groups is 1. The average molecular weight is 323 g/mol. The normalized spacial score (nSPS) is 17.9. The largest absolute Gasteiger partial charge is 0.463 e. The van der Waals surface area contributed by atoms with Crippen LogP contribution in [-0.4, -0.2) is 22.5 Å². The van der Waals surface area contributed by atoms with Gasteiger partial charge in [-0.2, -0.15) is 5.10 Å². The zero-order chi connectivity index (χ0) is 14.8. The highest BCUT2D eigenvalue weighted by atomic mass is 35.5. The fourth-order valence-electron chi connectivity index (χ4n) is 2.34. The van der Waals surface area contributed by atoms with E-state index in [1.54, 1.807) is 24.5 Å². The molecular formula is C15H12Cl2N2O2. The molecule has 1 aromatic carbocycles. The highest BCUT2D eigenvalue weighted by Crippen LogP contribution is 2.33. The van der Waals surface area contributed by atoms with Gasteiger partial charge < -0.3 is 4.42 Å². The minimum absolute atomic E-state index is 0.112. The van der Waals surface area contributed by atoms with E-state index in [9.17, 15) is 4.79 Å². The number of hydrogen-bond donors (Lipinski definition) is 0. The maximum Gasteiger partial charge on any atom is 0.258 e. The number of benzene rings is 1. The molecule has 1 atom stereocenters. The number of rotatable bonds is 3. The highest BCUT2D eigenvalue weighted by Gasteiger charge is 2.33. The summed E-state index contributed by atoms with van der Waals surface area (Å²) >= 11 is 11.6. The monoisotopic (exact) mass is 322 g/mol. The van der Waals surface area contributed by atoms with Crippen LogP contribution in [0.5, 0.6) is 0 Å². The summed E-state index contributed by atoms with van der Waals surface area (Å²) in [6, 6.07) is 10.8. The number of alkyl halides is 1. The summed E-state index contributed by atoms with van der Waals surface area (Å²) in [4.78, 5) is 12.0. The summed E-state index contributed by atoms with van der Waals surface area (Å²) in [5.74, 6) is 0.316. The second-order valence-corrected chi connectivity index (χ2v) is 5.37. The quantitative estimate of drug-likeness (QED) is 0.806. The molecule has 3 rings (SSSR count). The first-order valence-corrected chi connectivity index (χ1v) is 7.35. The summed E-state index contributed by atoms with van der Waals surface area (Å²) in [7, 11) is 0. The van der Waals surface area contributed by atoms with Crippen molar-refractivity contribution in [2.45, 2.75) is 12.5 Å². The third-order valence-electron chi connectivity index (χ3n) is 3.34. The fraction of sp³-hybridized carbons (Fsp3) is 0.200. The number of carbonyl (C=O) groups excluding carboxylic acids is 1. The van der Waals surface area contributed by atoms with Crippen LogP contribution in [0.2, 0.25) is 5.02 Å². The van der Waals surface area contributed by atoms with E-state index in [1.165, 1.54) is 5.01 Å². The van der Waals surface area contributed by atoms with Gasteiger partial charge in [0.25, 0.3) is 5.91 Å². The molecule has 1 aliphatic heterocycles. The molecule has 2 aromatic rings. The van der Waals surface area contributed by atoms with Gasteiger partial charge in [-0.1, -0.05) is 23.7 Å². The molecule has 0 unspecified atom stereocenters. The molecule has 0 radical (unpaired) electrons. The van der Waals surface area contributed by atoms with Crippen LogP contribution in [0.4, 0.5) is 0 Å². The number of nitrogens with zero attached hydrogens (tertiary/aromatic N) is 2. The molecule has 0 saturated carbocycles. The Hall–Kier alpha value is -1.78. The van der Waals surface area contributed by atoms with Crippen LogP contribution in [0.15, 0.2) is 52.2 Å². The van der Waals surface area contributed by atoms with Crippen LogP contribution >= 0.6 is 23.2 Å². The van der Waals surface area contributed by atoms with Crippen molar-refractivity contribution < 1.29 is 9.21 Å². The molecular weight excluding hydrogens is 311 g/mol. The summed E-state index contributed by atoms with van der Waals surface area (Å²) in [5, 5.41) is 6.45. The Morgan fingerprint density at radius 3 is 2.71 bits per heavy atom. The Labute approximate surface area is 131 Å². The smallest absolute Gasteiger partial charge is 0.258 e. The van der Waals surface area contributed by atoms with Crippen molar-refractivity contribution in [3.63, 3.8) is 0 Å². The number of hydrazone groups is 1. The molecule has 0 spiro atoms. The third kappa shape index (κ3) is 2.82. The van der Waals surface area contributed by atoms with Gasteiger partial charge in [-0.05, 0) is 29.8 Å². The third-order valence-corrected chi connectivity index (χ3v) is 3.82. The average Bonchev–Trinajstić information content (AvgIpc) is 3.16. The van der Waals surface area contributed by atoms with Crippen molar-refractivity contribution in [3.8, 4) is 0 Å². The molecule has 0 bridgehead atoms. The van der Waals surface area contributed by atoms with E-state index in [1.807, 2.05) is 18.2 Å². The van der Waals surface area contributed by atoms with Gasteiger partial charge in [-0.25, -0.2) is 5.01 Å². The lowest BCUT2D eigenvalue weighted by molar-refractivity contribution is -0.130. The summed E-state index contributed by atoms with van der Waals surface area (Å²) < 4.78 is 5.36. The van der Waals surface area contributed by atoms with Gasteiger partial charge >= 0.3 is 0 Å². The Bertz CT molecular complexity index is 665. The van der Waals surface area contributed by atoms with Gasteiger partial charge in [0.2, 0.25) is 0 Å². The van der Waals surface area contributed by atoms with Crippen molar-refractivity contribution in [2.24, 2.45) is 5.10 Å². The van der Waals surface area contributed by atoms with Gasteiger partial charge in [0.1, 0.15) is 17.4 Å². The zero-order valence-corrected chi connectivity index (χ0v) is 12.5. The lowest BCUT2D eigenvalue weighted by Crippen LogP contribution is -2.27. The number of halogens is 2. The maximum absolute atomic E-state index is 12.0. The van der Waals surface area contributed by atoms with Gasteiger partial charge in [-0.15, -0.1) is 11.6 Å². The van der Waals surface area contributed by atoms with E-state index in [0.717, 1.165) is 11.3 Å². The fourth-order valence-corrected chi connectivity index (χ4v) is 2.59. The van der Waals surface area contributed by atoms with Crippen LogP contribution in [0.25, 0.3) is 0 Å². The van der Waals surface area contributed by atoms with E-state index < -0.39 is 0 Å². The van der Waals surface area contributed by atoms with Crippen molar-refractivity contribution in [1.82, 2.24) is 5.01 Å². The summed E-state index contributed by atoms with van der Waals surface area (Å²) in [6.45, 7) is 0. The molecule has 108 valence electrons. The molecule has 1 aliphatic rings. The first kappa shape index (κ1) is 14.2. The van der Waals surface area contributed by atoms with Gasteiger partial charge in [0, 0.05) is 11.4 Å². The minimum atomic E-state index is -0.238. The molecule has 21 heavy (non-hydrogen) atoms. The first-order valence-electron chi connectivity index (χ1n) is 6.44. The lowest BCUT2D eigenvalue weighted by atomic mass is 10.0. The standard InChI is InChI=1S/C15H12Cl2N2O2/c16-9-15(20)19-13(10-3-5-11(17)6-4-10)8-12(18-19)14-2-1-7-21-14/h1-7,13H,8-9H2/t13-/m1/s1. The topological polar surface area (TPSA) is 45.8 Å². The SMILES string of the molecule is O=C(CCl)N1N=C(c2ccco2)C[C@@H]1c1ccc(Cl)cc1. The van der Waals surface area contributed by atoms with Crippen LogP contribution in [0, 0.1) is 0 Å². The second-order valence-electron chi connectivity index (χ2n) is 4.67. The molecule has 1 amide bonds. The van der Waals surface area contributed by atoms with E-state index in [4.69, 9.17) is 27.6 Å². The predicted molar refractivity (Wildman–Crippen MR) is 81.6 cm³/mol. The first-order chi connectivity index (χ1) is 10.2. The summed E-state index contributed by atoms with van der Waals surface area (Å²) in [6.07, 6.45) is 2.17. The zero-order valence-electron chi connectivity index (χ0n) is 11.0. The van der Waals surface area contributed by atoms with E-state index >= 15 is 0 Å². The molecule has 4 nitrogen and oxygen atoms in total. The molecule has 6 heteroatoms. The van der Waals surface area contributed by atoms with Crippen LogP contribution in [-0.2, 0) is 4.79 Å². The van der Waals surface area contributed by atoms with Crippen LogP contribution in [0.1, 0.15) is 23.8 Å². The Morgan fingerprint density at radius 1 is 1.33 bits per heavy atom. The molecule has 2 heterocycles. The molecule has 0 saturated heterocycles. The lowest BCUT2D eigenvalue weighted by Gasteiger charge is -2.21. The number of hydrogen-bond acceptors (Lipinski definition) is 3. The van der Waals surface area contributed by atoms with Gasteiger partial charge in [0.15, 0.2) is 0 Å². The van der Waals surface area contributed by atoms with Gasteiger partial charge in [0.05, 0.1) is 12.3 Å². The van der Waals surface area contributed by atoms with Crippen molar-refractivity contribution in [3.05, 3.63) is 59.0 Å². The number of furan rings is 1. The van der Waals surface area contributed by atoms with E-state index in [0.29, 0.717) is 17.2 Å². The van der Waals surface area contributed by atoms with Crippen LogP contribution in [0.3, 0.4) is 0 Å². The Kier molecular flexibility index (Phi) is 3.99. The van der Waals surface area contributed by atoms with Crippen molar-refractivity contribution in [2.75, 3.05) is 5.88 Å². The highest BCUT2D eigenvalue weighted by molar-refractivity contribution is 6.30. The van der Waals surface area contributed by atoms with Gasteiger partial charge in [-0.3, -0.25) is 4.79 Å². The van der Waals surface area contributed by atoms with E-state index in [-0.39, 0.29) is 17.8 Å². The molecule has 0 fully saturated rings. The van der Waals surface area contributed by atoms with Crippen molar-refractivity contribution in [1.29, 1.82) is 0 Å². The van der Waals surface area contributed by atoms with Crippen LogP contribution < -0.4 is 0 Å².